The highest BCUT2D eigenvalue weighted by atomic mass is 16.5. The van der Waals surface area contributed by atoms with Crippen molar-refractivity contribution in [1.82, 2.24) is 0 Å². The molecule has 0 heterocycles. The van der Waals surface area contributed by atoms with E-state index in [-0.39, 0.29) is 0 Å². The van der Waals surface area contributed by atoms with Gasteiger partial charge >= 0.3 is 0 Å². The predicted molar refractivity (Wildman–Crippen MR) is 140 cm³/mol. The Bertz CT molecular complexity index is 1290. The van der Waals surface area contributed by atoms with Crippen LogP contribution in [0.5, 0.6) is 11.5 Å². The van der Waals surface area contributed by atoms with Crippen LogP contribution >= 0.6 is 0 Å². The van der Waals surface area contributed by atoms with Crippen LogP contribution in [0.2, 0.25) is 0 Å². The Morgan fingerprint density at radius 1 is 0.472 bits per heavy atom. The number of ether oxygens (including phenoxy) is 2. The first-order valence-electron chi connectivity index (χ1n) is 11.4. The first-order chi connectivity index (χ1) is 17.5. The van der Waals surface area contributed by atoms with E-state index in [9.17, 15) is 10.2 Å². The van der Waals surface area contributed by atoms with Crippen LogP contribution < -0.4 is 9.47 Å². The Labute approximate surface area is 211 Å². The van der Waals surface area contributed by atoms with E-state index in [4.69, 9.17) is 9.47 Å². The van der Waals surface area contributed by atoms with Gasteiger partial charge in [0.15, 0.2) is 11.2 Å². The van der Waals surface area contributed by atoms with Crippen molar-refractivity contribution in [3.05, 3.63) is 131 Å². The van der Waals surface area contributed by atoms with E-state index < -0.39 is 11.2 Å². The molecule has 0 aliphatic carbocycles. The summed E-state index contributed by atoms with van der Waals surface area (Å²) in [6, 6.07) is 32.5. The van der Waals surface area contributed by atoms with Crippen molar-refractivity contribution in [1.29, 1.82) is 0 Å². The quantitative estimate of drug-likeness (QED) is 0.391. The van der Waals surface area contributed by atoms with E-state index >= 15 is 0 Å². The molecule has 0 spiro atoms. The summed E-state index contributed by atoms with van der Waals surface area (Å²) in [6.07, 6.45) is 0. The van der Waals surface area contributed by atoms with Gasteiger partial charge in [-0.25, -0.2) is 0 Å². The number of hydrogen-bond acceptors (Lipinski definition) is 4. The molecule has 4 aromatic rings. The van der Waals surface area contributed by atoms with Crippen molar-refractivity contribution in [2.24, 2.45) is 0 Å². The lowest BCUT2D eigenvalue weighted by Crippen LogP contribution is -2.25. The van der Waals surface area contributed by atoms with Gasteiger partial charge in [-0.1, -0.05) is 84.9 Å². The standard InChI is InChI=1S/C32H26O4/c1-35-29-19-15-27(16-20-29)31(33,25-11-5-3-6-12-25)23-9-10-24-32(34,26-13-7-4-8-14-26)28-17-21-30(36-2)22-18-28/h3-8,11-22,33-34H,1-2H3. The van der Waals surface area contributed by atoms with Gasteiger partial charge < -0.3 is 19.7 Å². The van der Waals surface area contributed by atoms with Gasteiger partial charge in [-0.05, 0) is 47.9 Å². The summed E-state index contributed by atoms with van der Waals surface area (Å²) in [5.41, 5.74) is -0.828. The molecule has 4 rings (SSSR count). The topological polar surface area (TPSA) is 58.9 Å². The van der Waals surface area contributed by atoms with E-state index in [1.54, 1.807) is 62.8 Å². The maximum atomic E-state index is 11.7. The first kappa shape index (κ1) is 24.6. The number of benzene rings is 4. The summed E-state index contributed by atoms with van der Waals surface area (Å²) >= 11 is 0. The fraction of sp³-hybridized carbons (Fsp3) is 0.125. The SMILES string of the molecule is COc1ccc(C(O)(C#CC#CC(O)(c2ccccc2)c2ccc(OC)cc2)c2ccccc2)cc1. The third kappa shape index (κ3) is 5.11. The molecule has 178 valence electrons. The molecule has 0 radical (unpaired) electrons. The zero-order valence-electron chi connectivity index (χ0n) is 20.1. The van der Waals surface area contributed by atoms with E-state index in [2.05, 4.69) is 23.7 Å². The van der Waals surface area contributed by atoms with Crippen LogP contribution in [-0.4, -0.2) is 24.4 Å². The molecule has 2 atom stereocenters. The average Bonchev–Trinajstić information content (AvgIpc) is 2.96. The second-order valence-corrected chi connectivity index (χ2v) is 8.11. The Morgan fingerprint density at radius 2 is 0.778 bits per heavy atom. The number of methoxy groups -OCH3 is 2. The van der Waals surface area contributed by atoms with Gasteiger partial charge in [0, 0.05) is 22.3 Å². The number of rotatable bonds is 6. The molecule has 0 aromatic heterocycles. The Morgan fingerprint density at radius 3 is 1.08 bits per heavy atom. The van der Waals surface area contributed by atoms with Crippen molar-refractivity contribution in [2.75, 3.05) is 14.2 Å². The maximum Gasteiger partial charge on any atom is 0.177 e. The largest absolute Gasteiger partial charge is 0.497 e. The van der Waals surface area contributed by atoms with Gasteiger partial charge in [-0.2, -0.15) is 0 Å². The lowest BCUT2D eigenvalue weighted by Gasteiger charge is -2.24. The molecule has 4 heteroatoms. The maximum absolute atomic E-state index is 11.7. The van der Waals surface area contributed by atoms with Crippen molar-refractivity contribution in [3.63, 3.8) is 0 Å². The zero-order chi connectivity index (χ0) is 25.4. The van der Waals surface area contributed by atoms with Gasteiger partial charge in [-0.3, -0.25) is 0 Å². The van der Waals surface area contributed by atoms with Gasteiger partial charge in [0.25, 0.3) is 0 Å². The second-order valence-electron chi connectivity index (χ2n) is 8.11. The number of hydrogen-bond donors (Lipinski definition) is 2. The summed E-state index contributed by atoms with van der Waals surface area (Å²) in [5.74, 6) is 12.8. The van der Waals surface area contributed by atoms with E-state index in [0.29, 0.717) is 33.8 Å². The molecular formula is C32H26O4. The smallest absolute Gasteiger partial charge is 0.177 e. The van der Waals surface area contributed by atoms with Crippen LogP contribution in [0.25, 0.3) is 0 Å². The molecule has 0 saturated carbocycles. The minimum absolute atomic E-state index is 0.581. The molecule has 0 aliphatic heterocycles. The van der Waals surface area contributed by atoms with E-state index in [1.165, 1.54) is 0 Å². The molecule has 0 aliphatic rings. The summed E-state index contributed by atoms with van der Waals surface area (Å²) in [6.45, 7) is 0. The van der Waals surface area contributed by atoms with Gasteiger partial charge in [-0.15, -0.1) is 0 Å². The average molecular weight is 475 g/mol. The van der Waals surface area contributed by atoms with Gasteiger partial charge in [0.1, 0.15) is 11.5 Å². The highest BCUT2D eigenvalue weighted by molar-refractivity contribution is 5.51. The van der Waals surface area contributed by atoms with Crippen LogP contribution in [-0.2, 0) is 11.2 Å². The molecule has 0 bridgehead atoms. The minimum Gasteiger partial charge on any atom is -0.497 e. The van der Waals surface area contributed by atoms with Crippen LogP contribution in [0.4, 0.5) is 0 Å². The predicted octanol–water partition coefficient (Wildman–Crippen LogP) is 4.88. The van der Waals surface area contributed by atoms with E-state index in [1.807, 2.05) is 60.7 Å². The Balaban J connectivity index is 1.78. The summed E-state index contributed by atoms with van der Waals surface area (Å²) < 4.78 is 10.5. The fourth-order valence-corrected chi connectivity index (χ4v) is 3.89. The third-order valence-corrected chi connectivity index (χ3v) is 5.95. The monoisotopic (exact) mass is 474 g/mol. The molecule has 0 saturated heterocycles. The normalized spacial score (nSPS) is 13.6. The summed E-state index contributed by atoms with van der Waals surface area (Å²) in [5, 5.41) is 23.4. The molecule has 0 amide bonds. The molecule has 0 fully saturated rings. The van der Waals surface area contributed by atoms with Crippen molar-refractivity contribution >= 4 is 0 Å². The number of aliphatic hydroxyl groups is 2. The zero-order valence-corrected chi connectivity index (χ0v) is 20.1. The van der Waals surface area contributed by atoms with Crippen molar-refractivity contribution in [2.45, 2.75) is 11.2 Å². The molecule has 2 N–H and O–H groups in total. The molecule has 36 heavy (non-hydrogen) atoms. The Kier molecular flexibility index (Phi) is 7.42. The highest BCUT2D eigenvalue weighted by Crippen LogP contribution is 2.31. The van der Waals surface area contributed by atoms with Crippen molar-refractivity contribution in [3.8, 4) is 35.2 Å². The highest BCUT2D eigenvalue weighted by Gasteiger charge is 2.31. The van der Waals surface area contributed by atoms with Gasteiger partial charge in [0.2, 0.25) is 0 Å². The third-order valence-electron chi connectivity index (χ3n) is 5.95. The lowest BCUT2D eigenvalue weighted by molar-refractivity contribution is 0.144. The minimum atomic E-state index is -1.60. The van der Waals surface area contributed by atoms with Crippen molar-refractivity contribution < 1.29 is 19.7 Å². The van der Waals surface area contributed by atoms with Crippen LogP contribution in [0, 0.1) is 23.7 Å². The summed E-state index contributed by atoms with van der Waals surface area (Å²) in [4.78, 5) is 0. The summed E-state index contributed by atoms with van der Waals surface area (Å²) in [7, 11) is 3.18. The lowest BCUT2D eigenvalue weighted by atomic mass is 9.86. The molecule has 2 unspecified atom stereocenters. The second kappa shape index (κ2) is 10.8. The van der Waals surface area contributed by atoms with Crippen LogP contribution in [0.3, 0.4) is 0 Å². The van der Waals surface area contributed by atoms with E-state index in [0.717, 1.165) is 0 Å². The molecule has 4 nitrogen and oxygen atoms in total. The van der Waals surface area contributed by atoms with Crippen LogP contribution in [0.1, 0.15) is 22.3 Å². The van der Waals surface area contributed by atoms with Crippen LogP contribution in [0.15, 0.2) is 109 Å². The fourth-order valence-electron chi connectivity index (χ4n) is 3.89. The van der Waals surface area contributed by atoms with Gasteiger partial charge in [0.05, 0.1) is 14.2 Å². The Hall–Kier alpha value is -4.48. The molecule has 4 aromatic carbocycles. The first-order valence-corrected chi connectivity index (χ1v) is 11.4. The molecular weight excluding hydrogens is 448 g/mol.